The van der Waals surface area contributed by atoms with E-state index in [1.54, 1.807) is 28.8 Å². The number of aliphatic hydroxyl groups is 1. The molecule has 4 rings (SSSR count). The Kier molecular flexibility index (Phi) is 15.2. The molecule has 0 radical (unpaired) electrons. The highest BCUT2D eigenvalue weighted by molar-refractivity contribution is 5.96. The van der Waals surface area contributed by atoms with Crippen molar-refractivity contribution in [3.8, 4) is 17.0 Å². The molecule has 2 atom stereocenters. The van der Waals surface area contributed by atoms with Crippen molar-refractivity contribution in [2.45, 2.75) is 44.8 Å². The summed E-state index contributed by atoms with van der Waals surface area (Å²) in [5, 5.41) is 18.8. The molecule has 16 heteroatoms. The lowest BCUT2D eigenvalue weighted by atomic mass is 10.0. The molecule has 4 aromatic rings. The minimum absolute atomic E-state index is 0. The van der Waals surface area contributed by atoms with Crippen LogP contribution in [0.3, 0.4) is 0 Å². The molecule has 0 unspecified atom stereocenters. The summed E-state index contributed by atoms with van der Waals surface area (Å²) in [6, 6.07) is 7.23. The Labute approximate surface area is 283 Å². The van der Waals surface area contributed by atoms with Gasteiger partial charge in [-0.25, -0.2) is 14.4 Å². The van der Waals surface area contributed by atoms with Crippen molar-refractivity contribution in [1.82, 2.24) is 25.0 Å². The van der Waals surface area contributed by atoms with Crippen LogP contribution in [-0.2, 0) is 11.2 Å². The van der Waals surface area contributed by atoms with Crippen LogP contribution in [-0.4, -0.2) is 70.2 Å². The van der Waals surface area contributed by atoms with Gasteiger partial charge in [0, 0.05) is 42.3 Å². The van der Waals surface area contributed by atoms with Crippen molar-refractivity contribution in [1.29, 1.82) is 0 Å². The lowest BCUT2D eigenvalue weighted by Crippen LogP contribution is -2.45. The normalized spacial score (nSPS) is 12.0. The maximum absolute atomic E-state index is 14.8. The average molecular weight is 698 g/mol. The molecule has 12 nitrogen and oxygen atoms in total. The van der Waals surface area contributed by atoms with Crippen LogP contribution in [0, 0.1) is 11.6 Å². The van der Waals surface area contributed by atoms with Crippen molar-refractivity contribution in [2.75, 3.05) is 32.1 Å². The van der Waals surface area contributed by atoms with E-state index in [1.165, 1.54) is 31.6 Å². The molecule has 2 aromatic carbocycles. The van der Waals surface area contributed by atoms with E-state index in [4.69, 9.17) is 16.2 Å². The Bertz CT molecular complexity index is 1660. The van der Waals surface area contributed by atoms with E-state index in [2.05, 4.69) is 25.9 Å². The minimum Gasteiger partial charge on any atom is -0.494 e. The van der Waals surface area contributed by atoms with Gasteiger partial charge in [0.25, 0.3) is 5.91 Å². The van der Waals surface area contributed by atoms with E-state index in [0.29, 0.717) is 47.8 Å². The minimum atomic E-state index is -1.09. The molecule has 0 spiro atoms. The molecule has 47 heavy (non-hydrogen) atoms. The first kappa shape index (κ1) is 39.1. The van der Waals surface area contributed by atoms with Crippen LogP contribution < -0.4 is 32.2 Å². The van der Waals surface area contributed by atoms with Crippen LogP contribution in [0.25, 0.3) is 16.9 Å². The molecule has 0 aliphatic heterocycles. The second-order valence-corrected chi connectivity index (χ2v) is 10.4. The van der Waals surface area contributed by atoms with E-state index >= 15 is 0 Å². The topological polar surface area (TPSA) is 182 Å². The van der Waals surface area contributed by atoms with Crippen LogP contribution >= 0.6 is 24.8 Å². The number of nitrogens with one attached hydrogen (secondary N) is 3. The number of anilines is 2. The number of aliphatic hydroxyl groups excluding tert-OH is 1. The van der Waals surface area contributed by atoms with E-state index in [-0.39, 0.29) is 61.0 Å². The first-order valence-corrected chi connectivity index (χ1v) is 14.6. The highest BCUT2D eigenvalue weighted by atomic mass is 35.5. The first-order chi connectivity index (χ1) is 21.7. The number of carbonyl (C=O) groups excluding carboxylic acids is 2. The molecule has 0 saturated heterocycles. The van der Waals surface area contributed by atoms with Crippen molar-refractivity contribution >= 4 is 53.8 Å². The second-order valence-electron chi connectivity index (χ2n) is 10.4. The number of carbonyl (C=O) groups is 2. The van der Waals surface area contributed by atoms with E-state index in [9.17, 15) is 23.5 Å². The van der Waals surface area contributed by atoms with Gasteiger partial charge in [-0.2, -0.15) is 4.39 Å². The fourth-order valence-corrected chi connectivity index (χ4v) is 4.78. The van der Waals surface area contributed by atoms with Crippen molar-refractivity contribution in [2.24, 2.45) is 11.5 Å². The van der Waals surface area contributed by atoms with Gasteiger partial charge in [-0.05, 0) is 61.7 Å². The zero-order valence-electron chi connectivity index (χ0n) is 26.0. The smallest absolute Gasteiger partial charge is 0.251 e. The van der Waals surface area contributed by atoms with Crippen molar-refractivity contribution < 1.29 is 28.2 Å². The first-order valence-electron chi connectivity index (χ1n) is 14.6. The number of aromatic nitrogens is 3. The predicted octanol–water partition coefficient (Wildman–Crippen LogP) is 3.50. The van der Waals surface area contributed by atoms with Gasteiger partial charge in [-0.3, -0.25) is 14.0 Å². The molecule has 2 amide bonds. The number of nitrogens with two attached hydrogens (primary N) is 2. The molecule has 0 bridgehead atoms. The third kappa shape index (κ3) is 9.49. The summed E-state index contributed by atoms with van der Waals surface area (Å²) in [7, 11) is 1.26. The van der Waals surface area contributed by atoms with Gasteiger partial charge in [-0.1, -0.05) is 13.3 Å². The summed E-state index contributed by atoms with van der Waals surface area (Å²) in [6.07, 6.45) is 6.07. The Morgan fingerprint density at radius 1 is 1.06 bits per heavy atom. The third-order valence-electron chi connectivity index (χ3n) is 7.28. The molecule has 0 aliphatic carbocycles. The third-order valence-corrected chi connectivity index (χ3v) is 7.28. The monoisotopic (exact) mass is 696 g/mol. The molecular formula is C31H40Cl2F2N8O4. The van der Waals surface area contributed by atoms with E-state index in [0.717, 1.165) is 18.4 Å². The van der Waals surface area contributed by atoms with Crippen molar-refractivity contribution in [3.63, 3.8) is 0 Å². The van der Waals surface area contributed by atoms with Crippen LogP contribution in [0.4, 0.5) is 20.3 Å². The number of aryl methyl sites for hydroxylation is 1. The van der Waals surface area contributed by atoms with Gasteiger partial charge < -0.3 is 37.3 Å². The highest BCUT2D eigenvalue weighted by Crippen LogP contribution is 2.31. The number of ether oxygens (including phenoxy) is 1. The molecule has 0 aliphatic rings. The number of unbranched alkanes of at least 4 members (excludes halogenated alkanes) is 1. The molecule has 0 fully saturated rings. The Morgan fingerprint density at radius 3 is 2.51 bits per heavy atom. The summed E-state index contributed by atoms with van der Waals surface area (Å²) in [4.78, 5) is 33.8. The fourth-order valence-electron chi connectivity index (χ4n) is 4.78. The molecular weight excluding hydrogens is 657 g/mol. The zero-order valence-corrected chi connectivity index (χ0v) is 27.6. The van der Waals surface area contributed by atoms with Gasteiger partial charge in [0.1, 0.15) is 0 Å². The van der Waals surface area contributed by atoms with Crippen LogP contribution in [0.15, 0.2) is 48.9 Å². The van der Waals surface area contributed by atoms with Gasteiger partial charge in [0.05, 0.1) is 31.1 Å². The molecule has 2 heterocycles. The summed E-state index contributed by atoms with van der Waals surface area (Å²) < 4.78 is 35.7. The number of hydrogen-bond donors (Lipinski definition) is 6. The zero-order chi connectivity index (χ0) is 32.5. The molecule has 0 saturated carbocycles. The summed E-state index contributed by atoms with van der Waals surface area (Å²) in [6.45, 7) is 2.31. The quantitative estimate of drug-likeness (QED) is 0.101. The standard InChI is InChI=1S/C31H38F2N8O4.2ClH/c1-3-18-14-19(7-8-21(18)30(43)38-15-20(42)16-39-31(44)23(35)6-4-5-11-34)40-28-29-37-17-24(41(29)13-12-36-28)22-9-10-25(45-2)27(33)26(22)32;;/h7-10,12-14,17,20,23,42H,3-6,11,15-16,34-35H2,1-2H3,(H,36,40)(H,38,43)(H,39,44);2*1H/t20-,23-;;/m1../s1. The lowest BCUT2D eigenvalue weighted by Gasteiger charge is -2.17. The number of nitrogens with zero attached hydrogens (tertiary/aromatic N) is 3. The van der Waals surface area contributed by atoms with Gasteiger partial charge in [-0.15, -0.1) is 24.8 Å². The maximum Gasteiger partial charge on any atom is 0.251 e. The van der Waals surface area contributed by atoms with Crippen LogP contribution in [0.1, 0.15) is 42.1 Å². The Hall–Kier alpha value is -4.08. The molecule has 8 N–H and O–H groups in total. The number of fused-ring (bicyclic) bond motifs is 1. The summed E-state index contributed by atoms with van der Waals surface area (Å²) in [5.41, 5.74) is 13.8. The van der Waals surface area contributed by atoms with Crippen molar-refractivity contribution in [3.05, 3.63) is 71.7 Å². The van der Waals surface area contributed by atoms with E-state index < -0.39 is 23.8 Å². The number of benzene rings is 2. The summed E-state index contributed by atoms with van der Waals surface area (Å²) in [5.74, 6) is -2.74. The fraction of sp³-hybridized carbons (Fsp3) is 0.355. The molecule has 2 aromatic heterocycles. The number of amides is 2. The largest absolute Gasteiger partial charge is 0.494 e. The predicted molar refractivity (Wildman–Crippen MR) is 181 cm³/mol. The highest BCUT2D eigenvalue weighted by Gasteiger charge is 2.20. The van der Waals surface area contributed by atoms with Gasteiger partial charge >= 0.3 is 0 Å². The number of hydrogen-bond acceptors (Lipinski definition) is 9. The maximum atomic E-state index is 14.8. The Balaban J connectivity index is 0.00000384. The van der Waals surface area contributed by atoms with E-state index in [1.807, 2.05) is 6.92 Å². The van der Waals surface area contributed by atoms with Gasteiger partial charge in [0.2, 0.25) is 11.7 Å². The van der Waals surface area contributed by atoms with Gasteiger partial charge in [0.15, 0.2) is 23.0 Å². The average Bonchev–Trinajstić information content (AvgIpc) is 3.48. The number of imidazole rings is 1. The second kappa shape index (κ2) is 18.3. The lowest BCUT2D eigenvalue weighted by molar-refractivity contribution is -0.122. The summed E-state index contributed by atoms with van der Waals surface area (Å²) >= 11 is 0. The molecule has 256 valence electrons. The Morgan fingerprint density at radius 2 is 1.81 bits per heavy atom. The SMILES string of the molecule is CCc1cc(Nc2nccn3c(-c4ccc(OC)c(F)c4F)cnc23)ccc1C(=O)NC[C@@H](O)CNC(=O)[C@H](N)CCCCN.Cl.Cl. The number of methoxy groups -OCH3 is 1. The number of halogens is 4. The van der Waals surface area contributed by atoms with Crippen LogP contribution in [0.5, 0.6) is 5.75 Å². The van der Waals surface area contributed by atoms with Crippen LogP contribution in [0.2, 0.25) is 0 Å². The number of rotatable bonds is 15.